The van der Waals surface area contributed by atoms with Gasteiger partial charge in [-0.3, -0.25) is 0 Å². The first-order valence-corrected chi connectivity index (χ1v) is 6.00. The predicted molar refractivity (Wildman–Crippen MR) is 69.1 cm³/mol. The van der Waals surface area contributed by atoms with Crippen LogP contribution in [0.15, 0.2) is 52.9 Å². The molecule has 3 rings (SSSR count). The normalized spacial score (nSPS) is 12.7. The zero-order valence-electron chi connectivity index (χ0n) is 10.1. The van der Waals surface area contributed by atoms with Crippen molar-refractivity contribution in [2.24, 2.45) is 0 Å². The van der Waals surface area contributed by atoms with Crippen LogP contribution >= 0.6 is 0 Å². The van der Waals surface area contributed by atoms with Crippen molar-refractivity contribution in [2.75, 3.05) is 0 Å². The number of hydrogen-bond acceptors (Lipinski definition) is 3. The van der Waals surface area contributed by atoms with E-state index in [-0.39, 0.29) is 12.2 Å². The molecule has 19 heavy (non-hydrogen) atoms. The van der Waals surface area contributed by atoms with Crippen LogP contribution in [0, 0.1) is 5.82 Å². The molecule has 0 aliphatic rings. The Bertz CT molecular complexity index is 675. The lowest BCUT2D eigenvalue weighted by molar-refractivity contribution is 0.169. The summed E-state index contributed by atoms with van der Waals surface area (Å²) in [5.41, 5.74) is 1.95. The average Bonchev–Trinajstić information content (AvgIpc) is 2.80. The quantitative estimate of drug-likeness (QED) is 0.783. The Kier molecular flexibility index (Phi) is 3.01. The molecule has 0 amide bonds. The molecule has 1 heterocycles. The first-order chi connectivity index (χ1) is 9.22. The molecule has 0 fully saturated rings. The SMILES string of the molecule is OC(Cc1nc2ccccc2o1)c1cccc(F)c1. The highest BCUT2D eigenvalue weighted by Gasteiger charge is 2.13. The van der Waals surface area contributed by atoms with Gasteiger partial charge >= 0.3 is 0 Å². The Balaban J connectivity index is 1.84. The highest BCUT2D eigenvalue weighted by atomic mass is 19.1. The van der Waals surface area contributed by atoms with Crippen LogP contribution in [0.1, 0.15) is 17.6 Å². The topological polar surface area (TPSA) is 46.3 Å². The lowest BCUT2D eigenvalue weighted by Crippen LogP contribution is -2.02. The Morgan fingerprint density at radius 3 is 2.79 bits per heavy atom. The van der Waals surface area contributed by atoms with Crippen molar-refractivity contribution >= 4 is 11.1 Å². The largest absolute Gasteiger partial charge is 0.441 e. The zero-order chi connectivity index (χ0) is 13.2. The van der Waals surface area contributed by atoms with Gasteiger partial charge in [0.2, 0.25) is 0 Å². The Labute approximate surface area is 109 Å². The molecule has 1 unspecified atom stereocenters. The number of hydrogen-bond donors (Lipinski definition) is 1. The highest BCUT2D eigenvalue weighted by Crippen LogP contribution is 2.21. The van der Waals surface area contributed by atoms with E-state index >= 15 is 0 Å². The molecule has 0 radical (unpaired) electrons. The van der Waals surface area contributed by atoms with E-state index in [0.29, 0.717) is 17.0 Å². The van der Waals surface area contributed by atoms with Gasteiger partial charge in [-0.15, -0.1) is 0 Å². The van der Waals surface area contributed by atoms with Crippen LogP contribution in [0.4, 0.5) is 4.39 Å². The number of para-hydroxylation sites is 2. The van der Waals surface area contributed by atoms with Crippen LogP contribution in [0.2, 0.25) is 0 Å². The summed E-state index contributed by atoms with van der Waals surface area (Å²) in [5.74, 6) is 0.0760. The lowest BCUT2D eigenvalue weighted by Gasteiger charge is -2.08. The maximum absolute atomic E-state index is 13.1. The van der Waals surface area contributed by atoms with Crippen LogP contribution in [0.25, 0.3) is 11.1 Å². The van der Waals surface area contributed by atoms with Crippen molar-refractivity contribution in [3.8, 4) is 0 Å². The van der Waals surface area contributed by atoms with Gasteiger partial charge in [0.1, 0.15) is 11.3 Å². The molecule has 1 N–H and O–H groups in total. The Hall–Kier alpha value is -2.20. The van der Waals surface area contributed by atoms with Gasteiger partial charge in [0.15, 0.2) is 11.5 Å². The Morgan fingerprint density at radius 2 is 2.00 bits per heavy atom. The summed E-state index contributed by atoms with van der Waals surface area (Å²) >= 11 is 0. The summed E-state index contributed by atoms with van der Waals surface area (Å²) < 4.78 is 18.6. The number of aliphatic hydroxyl groups excluding tert-OH is 1. The van der Waals surface area contributed by atoms with Crippen molar-refractivity contribution < 1.29 is 13.9 Å². The van der Waals surface area contributed by atoms with Crippen LogP contribution < -0.4 is 0 Å². The van der Waals surface area contributed by atoms with E-state index in [9.17, 15) is 9.50 Å². The molecule has 0 aliphatic carbocycles. The first-order valence-electron chi connectivity index (χ1n) is 6.00. The molecule has 2 aromatic carbocycles. The highest BCUT2D eigenvalue weighted by molar-refractivity contribution is 5.72. The van der Waals surface area contributed by atoms with E-state index in [4.69, 9.17) is 4.42 Å². The summed E-state index contributed by atoms with van der Waals surface area (Å²) in [7, 11) is 0. The van der Waals surface area contributed by atoms with Crippen molar-refractivity contribution in [3.05, 3.63) is 65.8 Å². The second kappa shape index (κ2) is 4.82. The van der Waals surface area contributed by atoms with Gasteiger partial charge in [-0.2, -0.15) is 0 Å². The molecule has 0 saturated heterocycles. The Morgan fingerprint density at radius 1 is 1.16 bits per heavy atom. The molecule has 1 atom stereocenters. The van der Waals surface area contributed by atoms with Gasteiger partial charge in [0.05, 0.1) is 12.5 Å². The van der Waals surface area contributed by atoms with E-state index in [1.54, 1.807) is 12.1 Å². The second-order valence-corrected chi connectivity index (χ2v) is 4.35. The monoisotopic (exact) mass is 257 g/mol. The summed E-state index contributed by atoms with van der Waals surface area (Å²) in [5, 5.41) is 10.1. The van der Waals surface area contributed by atoms with E-state index in [0.717, 1.165) is 5.52 Å². The van der Waals surface area contributed by atoms with E-state index in [2.05, 4.69) is 4.98 Å². The van der Waals surface area contributed by atoms with E-state index < -0.39 is 6.10 Å². The number of oxazole rings is 1. The third kappa shape index (κ3) is 2.48. The van der Waals surface area contributed by atoms with Gasteiger partial charge in [-0.1, -0.05) is 24.3 Å². The van der Waals surface area contributed by atoms with Gasteiger partial charge < -0.3 is 9.52 Å². The summed E-state index contributed by atoms with van der Waals surface area (Å²) in [6.07, 6.45) is -0.609. The van der Waals surface area contributed by atoms with E-state index in [1.807, 2.05) is 24.3 Å². The minimum absolute atomic E-state index is 0.220. The number of nitrogens with zero attached hydrogens (tertiary/aromatic N) is 1. The van der Waals surface area contributed by atoms with Crippen LogP contribution in [0.5, 0.6) is 0 Å². The smallest absolute Gasteiger partial charge is 0.198 e. The summed E-state index contributed by atoms with van der Waals surface area (Å²) in [4.78, 5) is 4.28. The number of halogens is 1. The van der Waals surface area contributed by atoms with Crippen molar-refractivity contribution in [1.82, 2.24) is 4.98 Å². The molecule has 3 nitrogen and oxygen atoms in total. The van der Waals surface area contributed by atoms with E-state index in [1.165, 1.54) is 12.1 Å². The van der Waals surface area contributed by atoms with Crippen LogP contribution in [-0.2, 0) is 6.42 Å². The molecule has 0 saturated carbocycles. The van der Waals surface area contributed by atoms with Crippen LogP contribution in [0.3, 0.4) is 0 Å². The molecule has 0 aliphatic heterocycles. The molecule has 0 spiro atoms. The third-order valence-corrected chi connectivity index (χ3v) is 2.94. The maximum Gasteiger partial charge on any atom is 0.198 e. The third-order valence-electron chi connectivity index (χ3n) is 2.94. The standard InChI is InChI=1S/C15H12FNO2/c16-11-5-3-4-10(8-11)13(18)9-15-17-12-6-1-2-7-14(12)19-15/h1-8,13,18H,9H2. The number of aromatic nitrogens is 1. The van der Waals surface area contributed by atoms with Crippen molar-refractivity contribution in [2.45, 2.75) is 12.5 Å². The fourth-order valence-electron chi connectivity index (χ4n) is 2.00. The number of rotatable bonds is 3. The van der Waals surface area contributed by atoms with Crippen molar-refractivity contribution in [1.29, 1.82) is 0 Å². The fourth-order valence-corrected chi connectivity index (χ4v) is 2.00. The van der Waals surface area contributed by atoms with Crippen LogP contribution in [-0.4, -0.2) is 10.1 Å². The predicted octanol–water partition coefficient (Wildman–Crippen LogP) is 3.24. The molecular formula is C15H12FNO2. The summed E-state index contributed by atoms with van der Waals surface area (Å²) in [6.45, 7) is 0. The fraction of sp³-hybridized carbons (Fsp3) is 0.133. The van der Waals surface area contributed by atoms with Gasteiger partial charge in [-0.05, 0) is 29.8 Å². The molecular weight excluding hydrogens is 245 g/mol. The maximum atomic E-state index is 13.1. The summed E-state index contributed by atoms with van der Waals surface area (Å²) in [6, 6.07) is 13.3. The van der Waals surface area contributed by atoms with Gasteiger partial charge in [0.25, 0.3) is 0 Å². The minimum atomic E-state index is -0.830. The first kappa shape index (κ1) is 11.9. The number of fused-ring (bicyclic) bond motifs is 1. The van der Waals surface area contributed by atoms with Gasteiger partial charge in [0, 0.05) is 0 Å². The average molecular weight is 257 g/mol. The molecule has 1 aromatic heterocycles. The second-order valence-electron chi connectivity index (χ2n) is 4.35. The lowest BCUT2D eigenvalue weighted by atomic mass is 10.1. The zero-order valence-corrected chi connectivity index (χ0v) is 10.1. The molecule has 96 valence electrons. The molecule has 0 bridgehead atoms. The number of benzene rings is 2. The molecule has 3 aromatic rings. The molecule has 4 heteroatoms. The minimum Gasteiger partial charge on any atom is -0.441 e. The number of aliphatic hydroxyl groups is 1. The van der Waals surface area contributed by atoms with Gasteiger partial charge in [-0.25, -0.2) is 9.37 Å². The van der Waals surface area contributed by atoms with Crippen molar-refractivity contribution in [3.63, 3.8) is 0 Å².